The minimum absolute atomic E-state index is 0.00118. The lowest BCUT2D eigenvalue weighted by Crippen LogP contribution is -2.28. The minimum Gasteiger partial charge on any atom is -0.297 e. The Balaban J connectivity index is 2.27. The largest absolute Gasteiger partial charge is 0.297 e. The number of aliphatic imine (C=N–C) groups is 1. The Bertz CT molecular complexity index is 389. The predicted molar refractivity (Wildman–Crippen MR) is 58.5 cm³/mol. The van der Waals surface area contributed by atoms with Gasteiger partial charge in [-0.25, -0.2) is 0 Å². The third-order valence-electron chi connectivity index (χ3n) is 2.06. The molecular weight excluding hydrogens is 244 g/mol. The predicted octanol–water partition coefficient (Wildman–Crippen LogP) is 1.93. The van der Waals surface area contributed by atoms with Crippen LogP contribution in [0.25, 0.3) is 0 Å². The van der Waals surface area contributed by atoms with Crippen LogP contribution in [0.1, 0.15) is 10.4 Å². The molecule has 0 saturated heterocycles. The number of carbonyl (C=O) groups is 1. The molecule has 1 aliphatic heterocycles. The van der Waals surface area contributed by atoms with Crippen molar-refractivity contribution in [2.24, 2.45) is 4.99 Å². The van der Waals surface area contributed by atoms with E-state index >= 15 is 0 Å². The maximum absolute atomic E-state index is 11.9. The summed E-state index contributed by atoms with van der Waals surface area (Å²) < 4.78 is 0.824. The van der Waals surface area contributed by atoms with Crippen molar-refractivity contribution in [1.82, 2.24) is 4.90 Å². The quantitative estimate of drug-likeness (QED) is 0.752. The number of nitrogens with zero attached hydrogens (tertiary/aromatic N) is 2. The van der Waals surface area contributed by atoms with E-state index in [1.165, 1.54) is 0 Å². The molecule has 4 heteroatoms. The van der Waals surface area contributed by atoms with Gasteiger partial charge < -0.3 is 0 Å². The average Bonchev–Trinajstić information content (AvgIpc) is 2.70. The normalized spacial score (nSPS) is 14.8. The van der Waals surface area contributed by atoms with Gasteiger partial charge in [0.15, 0.2) is 0 Å². The third-order valence-corrected chi connectivity index (χ3v) is 2.75. The van der Waals surface area contributed by atoms with Gasteiger partial charge in [-0.2, -0.15) is 0 Å². The summed E-state index contributed by atoms with van der Waals surface area (Å²) in [6.07, 6.45) is 1.60. The fraction of sp³-hybridized carbons (Fsp3) is 0.200. The fourth-order valence-electron chi connectivity index (χ4n) is 1.32. The van der Waals surface area contributed by atoms with E-state index in [4.69, 9.17) is 0 Å². The maximum atomic E-state index is 11.9. The number of hydrogen-bond acceptors (Lipinski definition) is 2. The van der Waals surface area contributed by atoms with Crippen molar-refractivity contribution >= 4 is 28.2 Å². The van der Waals surface area contributed by atoms with Crippen molar-refractivity contribution < 1.29 is 4.79 Å². The molecule has 0 spiro atoms. The van der Waals surface area contributed by atoms with Crippen LogP contribution in [0.4, 0.5) is 0 Å². The van der Waals surface area contributed by atoms with Crippen LogP contribution in [0.2, 0.25) is 0 Å². The Morgan fingerprint density at radius 3 is 2.86 bits per heavy atom. The average molecular weight is 253 g/mol. The molecule has 0 N–H and O–H groups in total. The van der Waals surface area contributed by atoms with Gasteiger partial charge in [0.05, 0.1) is 18.4 Å². The summed E-state index contributed by atoms with van der Waals surface area (Å²) in [6.45, 7) is 1.39. The van der Waals surface area contributed by atoms with E-state index in [9.17, 15) is 4.79 Å². The number of rotatable bonds is 1. The summed E-state index contributed by atoms with van der Waals surface area (Å²) in [5.74, 6) is -0.00118. The topological polar surface area (TPSA) is 32.7 Å². The molecule has 1 aliphatic rings. The van der Waals surface area contributed by atoms with E-state index in [2.05, 4.69) is 20.9 Å². The number of hydrogen-bond donors (Lipinski definition) is 0. The summed E-state index contributed by atoms with van der Waals surface area (Å²) >= 11 is 3.35. The molecule has 0 aromatic heterocycles. The van der Waals surface area contributed by atoms with Gasteiger partial charge in [-0.05, 0) is 28.1 Å². The molecule has 0 radical (unpaired) electrons. The molecule has 0 fully saturated rings. The Hall–Kier alpha value is -1.16. The molecule has 1 aromatic carbocycles. The molecule has 0 unspecified atom stereocenters. The monoisotopic (exact) mass is 252 g/mol. The molecule has 0 saturated carbocycles. The highest BCUT2D eigenvalue weighted by molar-refractivity contribution is 9.10. The molecule has 1 amide bonds. The molecule has 1 aromatic rings. The summed E-state index contributed by atoms with van der Waals surface area (Å²) in [5, 5.41) is 0. The fourth-order valence-corrected chi connectivity index (χ4v) is 1.78. The van der Waals surface area contributed by atoms with Crippen molar-refractivity contribution in [1.29, 1.82) is 0 Å². The zero-order chi connectivity index (χ0) is 9.97. The van der Waals surface area contributed by atoms with Gasteiger partial charge >= 0.3 is 0 Å². The van der Waals surface area contributed by atoms with Gasteiger partial charge in [-0.15, -0.1) is 0 Å². The highest BCUT2D eigenvalue weighted by Crippen LogP contribution is 2.17. The van der Waals surface area contributed by atoms with Crippen molar-refractivity contribution in [3.8, 4) is 0 Å². The van der Waals surface area contributed by atoms with Crippen molar-refractivity contribution in [3.05, 3.63) is 34.3 Å². The standard InChI is InChI=1S/C10H9BrN2O/c11-9-4-2-1-3-8(9)10(14)13-6-5-12-7-13/h1-4,7H,5-6H2. The highest BCUT2D eigenvalue weighted by Gasteiger charge is 2.18. The molecule has 3 nitrogen and oxygen atoms in total. The number of carbonyl (C=O) groups excluding carboxylic acids is 1. The molecule has 0 bridgehead atoms. The third kappa shape index (κ3) is 1.70. The van der Waals surface area contributed by atoms with E-state index in [-0.39, 0.29) is 5.91 Å². The lowest BCUT2D eigenvalue weighted by atomic mass is 10.2. The molecule has 1 heterocycles. The zero-order valence-corrected chi connectivity index (χ0v) is 9.07. The summed E-state index contributed by atoms with van der Waals surface area (Å²) in [4.78, 5) is 17.5. The van der Waals surface area contributed by atoms with Crippen molar-refractivity contribution in [3.63, 3.8) is 0 Å². The van der Waals surface area contributed by atoms with Gasteiger partial charge in [0.1, 0.15) is 0 Å². The second-order valence-electron chi connectivity index (χ2n) is 3.00. The molecular formula is C10H9BrN2O. The zero-order valence-electron chi connectivity index (χ0n) is 7.48. The lowest BCUT2D eigenvalue weighted by Gasteiger charge is -2.12. The van der Waals surface area contributed by atoms with Gasteiger partial charge in [0.2, 0.25) is 0 Å². The van der Waals surface area contributed by atoms with Crippen LogP contribution in [0.5, 0.6) is 0 Å². The minimum atomic E-state index is -0.00118. The van der Waals surface area contributed by atoms with Gasteiger partial charge in [-0.1, -0.05) is 12.1 Å². The molecule has 72 valence electrons. The van der Waals surface area contributed by atoms with E-state index in [0.717, 1.165) is 4.47 Å². The molecule has 14 heavy (non-hydrogen) atoms. The van der Waals surface area contributed by atoms with E-state index in [1.807, 2.05) is 18.2 Å². The lowest BCUT2D eigenvalue weighted by molar-refractivity contribution is 0.0861. The number of amides is 1. The van der Waals surface area contributed by atoms with Crippen LogP contribution in [0.15, 0.2) is 33.7 Å². The summed E-state index contributed by atoms with van der Waals surface area (Å²) in [5.41, 5.74) is 0.681. The first kappa shape index (κ1) is 9.40. The van der Waals surface area contributed by atoms with E-state index < -0.39 is 0 Å². The number of halogens is 1. The highest BCUT2D eigenvalue weighted by atomic mass is 79.9. The van der Waals surface area contributed by atoms with Crippen molar-refractivity contribution in [2.45, 2.75) is 0 Å². The summed E-state index contributed by atoms with van der Waals surface area (Å²) in [7, 11) is 0. The first-order valence-corrected chi connectivity index (χ1v) is 5.14. The van der Waals surface area contributed by atoms with Crippen molar-refractivity contribution in [2.75, 3.05) is 13.1 Å². The van der Waals surface area contributed by atoms with Crippen LogP contribution in [-0.4, -0.2) is 30.2 Å². The van der Waals surface area contributed by atoms with Gasteiger partial charge in [-0.3, -0.25) is 14.7 Å². The van der Waals surface area contributed by atoms with E-state index in [0.29, 0.717) is 18.7 Å². The van der Waals surface area contributed by atoms with Crippen LogP contribution in [0, 0.1) is 0 Å². The second-order valence-corrected chi connectivity index (χ2v) is 3.85. The van der Waals surface area contributed by atoms with E-state index in [1.54, 1.807) is 17.3 Å². The van der Waals surface area contributed by atoms with Crippen LogP contribution in [-0.2, 0) is 0 Å². The Kier molecular flexibility index (Phi) is 2.63. The SMILES string of the molecule is O=C(c1ccccc1Br)N1C=NCC1. The Morgan fingerprint density at radius 2 is 2.21 bits per heavy atom. The first-order chi connectivity index (χ1) is 6.79. The number of benzene rings is 1. The molecule has 2 rings (SSSR count). The molecule has 0 aliphatic carbocycles. The second kappa shape index (κ2) is 3.92. The van der Waals surface area contributed by atoms with Gasteiger partial charge in [0, 0.05) is 11.0 Å². The van der Waals surface area contributed by atoms with Gasteiger partial charge in [0.25, 0.3) is 5.91 Å². The first-order valence-electron chi connectivity index (χ1n) is 4.34. The Labute approximate surface area is 90.6 Å². The Morgan fingerprint density at radius 1 is 1.43 bits per heavy atom. The maximum Gasteiger partial charge on any atom is 0.260 e. The summed E-state index contributed by atoms with van der Waals surface area (Å²) in [6, 6.07) is 7.41. The van der Waals surface area contributed by atoms with Crippen LogP contribution >= 0.6 is 15.9 Å². The van der Waals surface area contributed by atoms with Crippen LogP contribution in [0.3, 0.4) is 0 Å². The smallest absolute Gasteiger partial charge is 0.260 e. The van der Waals surface area contributed by atoms with Crippen LogP contribution < -0.4 is 0 Å². The molecule has 0 atom stereocenters.